The van der Waals surface area contributed by atoms with Crippen LogP contribution in [0.3, 0.4) is 0 Å². The van der Waals surface area contributed by atoms with Crippen LogP contribution < -0.4 is 0 Å². The van der Waals surface area contributed by atoms with Gasteiger partial charge in [0.15, 0.2) is 0 Å². The van der Waals surface area contributed by atoms with E-state index in [0.29, 0.717) is 28.6 Å². The van der Waals surface area contributed by atoms with Gasteiger partial charge in [0, 0.05) is 11.3 Å². The predicted molar refractivity (Wildman–Crippen MR) is 130 cm³/mol. The van der Waals surface area contributed by atoms with Crippen molar-refractivity contribution in [3.63, 3.8) is 0 Å². The predicted octanol–water partition coefficient (Wildman–Crippen LogP) is 6.76. The van der Waals surface area contributed by atoms with Gasteiger partial charge in [-0.1, -0.05) is 48.5 Å². The lowest BCUT2D eigenvalue weighted by atomic mass is 9.31. The average molecular weight is 457 g/mol. The van der Waals surface area contributed by atoms with Gasteiger partial charge in [-0.05, 0) is 104 Å². The molecular weight excluding hydrogens is 408 g/mol. The van der Waals surface area contributed by atoms with Crippen LogP contribution in [-0.2, 0) is 9.53 Å². The molecule has 1 heterocycles. The van der Waals surface area contributed by atoms with E-state index in [-0.39, 0.29) is 39.8 Å². The Balaban J connectivity index is 1.41. The lowest BCUT2D eigenvalue weighted by molar-refractivity contribution is -0.252. The zero-order valence-corrected chi connectivity index (χ0v) is 22.3. The van der Waals surface area contributed by atoms with E-state index in [9.17, 15) is 9.90 Å². The molecule has 0 aromatic carbocycles. The molecule has 0 amide bonds. The van der Waals surface area contributed by atoms with Gasteiger partial charge in [0.25, 0.3) is 0 Å². The van der Waals surface area contributed by atoms with Crippen molar-refractivity contribution in [3.8, 4) is 0 Å². The third kappa shape index (κ3) is 2.45. The lowest BCUT2D eigenvalue weighted by Gasteiger charge is -2.73. The summed E-state index contributed by atoms with van der Waals surface area (Å²) in [5.41, 5.74) is 0.823. The molecule has 33 heavy (non-hydrogen) atoms. The number of ether oxygens (including phenoxy) is 1. The molecule has 0 unspecified atom stereocenters. The van der Waals surface area contributed by atoms with Crippen molar-refractivity contribution in [3.05, 3.63) is 0 Å². The van der Waals surface area contributed by atoms with E-state index in [4.69, 9.17) is 4.74 Å². The van der Waals surface area contributed by atoms with E-state index >= 15 is 0 Å². The number of aliphatic hydroxyl groups excluding tert-OH is 1. The van der Waals surface area contributed by atoms with Crippen molar-refractivity contribution < 1.29 is 14.6 Å². The van der Waals surface area contributed by atoms with E-state index in [2.05, 4.69) is 48.5 Å². The number of fused-ring (bicyclic) bond motifs is 5. The minimum atomic E-state index is -0.189. The zero-order valence-electron chi connectivity index (χ0n) is 22.3. The smallest absolute Gasteiger partial charge is 0.312 e. The van der Waals surface area contributed by atoms with Crippen LogP contribution in [-0.4, -0.2) is 23.3 Å². The second kappa shape index (κ2) is 6.40. The van der Waals surface area contributed by atoms with Gasteiger partial charge in [-0.3, -0.25) is 4.79 Å². The van der Waals surface area contributed by atoms with E-state index in [1.165, 1.54) is 38.5 Å². The van der Waals surface area contributed by atoms with Gasteiger partial charge in [0.1, 0.15) is 6.10 Å². The van der Waals surface area contributed by atoms with Crippen LogP contribution in [0.25, 0.3) is 0 Å². The fraction of sp³-hybridized carbons (Fsp3) is 0.967. The van der Waals surface area contributed by atoms with E-state index in [1.807, 2.05) is 0 Å². The van der Waals surface area contributed by atoms with Gasteiger partial charge in [-0.15, -0.1) is 0 Å². The molecule has 1 saturated heterocycles. The maximum atomic E-state index is 13.3. The first-order chi connectivity index (χ1) is 15.2. The second-order valence-corrected chi connectivity index (χ2v) is 15.5. The minimum Gasteiger partial charge on any atom is -0.461 e. The summed E-state index contributed by atoms with van der Waals surface area (Å²) in [7, 11) is 0. The summed E-state index contributed by atoms with van der Waals surface area (Å²) < 4.78 is 6.28. The molecule has 6 fully saturated rings. The van der Waals surface area contributed by atoms with Crippen LogP contribution in [0, 0.1) is 56.2 Å². The summed E-state index contributed by atoms with van der Waals surface area (Å²) in [4.78, 5) is 13.3. The first-order valence-electron chi connectivity index (χ1n) is 14.1. The van der Waals surface area contributed by atoms with Crippen molar-refractivity contribution in [2.75, 3.05) is 0 Å². The van der Waals surface area contributed by atoms with Crippen LogP contribution in [0.1, 0.15) is 113 Å². The average Bonchev–Trinajstić information content (AvgIpc) is 2.99. The molecule has 186 valence electrons. The Morgan fingerprint density at radius 2 is 1.45 bits per heavy atom. The van der Waals surface area contributed by atoms with Gasteiger partial charge in [0.05, 0.1) is 11.5 Å². The zero-order chi connectivity index (χ0) is 23.8. The molecule has 6 aliphatic rings. The number of rotatable bonds is 0. The van der Waals surface area contributed by atoms with E-state index in [0.717, 1.165) is 31.6 Å². The van der Waals surface area contributed by atoms with Crippen molar-refractivity contribution in [1.29, 1.82) is 0 Å². The van der Waals surface area contributed by atoms with Crippen LogP contribution in [0.4, 0.5) is 0 Å². The van der Waals surface area contributed by atoms with Crippen LogP contribution in [0.5, 0.6) is 0 Å². The SMILES string of the molecule is CC1(C)CC[C@]23CC[C@]4(C)[C@H](CC[C@@H]5[C@@]6(C)CC[C@@H](O)C(C)(C)[C@H]6CC[C@]54C)[C@@H]2[C@H]1OC3=O. The van der Waals surface area contributed by atoms with Gasteiger partial charge >= 0.3 is 5.97 Å². The van der Waals surface area contributed by atoms with Gasteiger partial charge in [-0.25, -0.2) is 0 Å². The highest BCUT2D eigenvalue weighted by atomic mass is 16.6. The first-order valence-corrected chi connectivity index (χ1v) is 14.1. The van der Waals surface area contributed by atoms with Crippen molar-refractivity contribution in [1.82, 2.24) is 0 Å². The molecule has 3 nitrogen and oxygen atoms in total. The second-order valence-electron chi connectivity index (χ2n) is 15.5. The Kier molecular flexibility index (Phi) is 4.44. The number of carbonyl (C=O) groups excluding carboxylic acids is 1. The Morgan fingerprint density at radius 3 is 2.18 bits per heavy atom. The molecule has 0 aromatic rings. The maximum absolute atomic E-state index is 13.3. The topological polar surface area (TPSA) is 46.5 Å². The van der Waals surface area contributed by atoms with Gasteiger partial charge in [0.2, 0.25) is 0 Å². The standard InChI is InChI=1S/C30H48O3/c1-25(2)14-16-30-17-15-28(6)18(22(30)23(25)33-24(30)32)8-9-20-27(5)12-11-21(31)26(3,4)19(27)10-13-29(20,28)7/h18-23,31H,8-17H2,1-7H3/t18-,19-,20-,21-,22-,23-,27+,28-,29-,30+/m1/s1. The van der Waals surface area contributed by atoms with Crippen LogP contribution >= 0.6 is 0 Å². The third-order valence-corrected chi connectivity index (χ3v) is 14.0. The highest BCUT2D eigenvalue weighted by molar-refractivity contribution is 5.81. The summed E-state index contributed by atoms with van der Waals surface area (Å²) in [5, 5.41) is 10.9. The van der Waals surface area contributed by atoms with Crippen LogP contribution in [0.15, 0.2) is 0 Å². The summed E-state index contributed by atoms with van der Waals surface area (Å²) in [6, 6.07) is 0. The van der Waals surface area contributed by atoms with Gasteiger partial charge in [-0.2, -0.15) is 0 Å². The largest absolute Gasteiger partial charge is 0.461 e. The molecule has 3 heteroatoms. The monoisotopic (exact) mass is 456 g/mol. The highest BCUT2D eigenvalue weighted by Crippen LogP contribution is 2.78. The Hall–Kier alpha value is -0.570. The molecular formula is C30H48O3. The summed E-state index contributed by atoms with van der Waals surface area (Å²) in [6.45, 7) is 17.3. The molecule has 5 saturated carbocycles. The molecule has 1 aliphatic heterocycles. The van der Waals surface area contributed by atoms with Crippen molar-refractivity contribution in [2.45, 2.75) is 125 Å². The maximum Gasteiger partial charge on any atom is 0.312 e. The first kappa shape index (κ1) is 22.9. The third-order valence-electron chi connectivity index (χ3n) is 14.0. The normalized spacial score (nSPS) is 58.4. The number of hydrogen-bond acceptors (Lipinski definition) is 3. The summed E-state index contributed by atoms with van der Waals surface area (Å²) in [5.74, 6) is 2.50. The Morgan fingerprint density at radius 1 is 0.758 bits per heavy atom. The molecule has 0 spiro atoms. The number of aliphatic hydroxyl groups is 1. The minimum absolute atomic E-state index is 0.00939. The highest BCUT2D eigenvalue weighted by Gasteiger charge is 2.75. The Labute approximate surface area is 201 Å². The van der Waals surface area contributed by atoms with Gasteiger partial charge < -0.3 is 9.84 Å². The molecule has 0 radical (unpaired) electrons. The molecule has 6 rings (SSSR count). The molecule has 5 aliphatic carbocycles. The number of carbonyl (C=O) groups is 1. The number of hydrogen-bond donors (Lipinski definition) is 1. The molecule has 10 atom stereocenters. The summed E-state index contributed by atoms with van der Waals surface area (Å²) in [6.07, 6.45) is 11.6. The quantitative estimate of drug-likeness (QED) is 0.409. The molecule has 0 aromatic heterocycles. The van der Waals surface area contributed by atoms with E-state index in [1.54, 1.807) is 0 Å². The van der Waals surface area contributed by atoms with E-state index < -0.39 is 0 Å². The van der Waals surface area contributed by atoms with Crippen molar-refractivity contribution in [2.24, 2.45) is 56.2 Å². The molecule has 1 N–H and O–H groups in total. The Bertz CT molecular complexity index is 876. The fourth-order valence-electron chi connectivity index (χ4n) is 11.8. The lowest BCUT2D eigenvalue weighted by Crippen LogP contribution is -2.67. The van der Waals surface area contributed by atoms with Crippen molar-refractivity contribution >= 4 is 5.97 Å². The van der Waals surface area contributed by atoms with Crippen LogP contribution in [0.2, 0.25) is 0 Å². The summed E-state index contributed by atoms with van der Waals surface area (Å²) >= 11 is 0. The fourth-order valence-corrected chi connectivity index (χ4v) is 11.8. The molecule has 2 bridgehead atoms. The number of esters is 1.